The van der Waals surface area contributed by atoms with E-state index in [1.807, 2.05) is 4.90 Å². The summed E-state index contributed by atoms with van der Waals surface area (Å²) in [5.74, 6) is 0.836. The molecule has 1 aliphatic rings. The number of aromatic nitrogens is 1. The van der Waals surface area contributed by atoms with Gasteiger partial charge < -0.3 is 15.1 Å². The summed E-state index contributed by atoms with van der Waals surface area (Å²) in [5, 5.41) is 18.9. The van der Waals surface area contributed by atoms with Crippen molar-refractivity contribution in [3.8, 4) is 5.75 Å². The van der Waals surface area contributed by atoms with E-state index in [0.717, 1.165) is 25.9 Å². The van der Waals surface area contributed by atoms with Crippen LogP contribution < -0.4 is 4.90 Å². The Balaban J connectivity index is 2.12. The number of rotatable bonds is 1. The lowest BCUT2D eigenvalue weighted by atomic mass is 10.1. The SMILES string of the molecule is Oc1cccnc1N1CCC(O)CC1. The number of hydrogen-bond donors (Lipinski definition) is 2. The topological polar surface area (TPSA) is 56.6 Å². The molecular formula is C10H14N2O2. The molecule has 2 N–H and O–H groups in total. The maximum absolute atomic E-state index is 9.56. The molecule has 2 rings (SSSR count). The van der Waals surface area contributed by atoms with Gasteiger partial charge in [0, 0.05) is 19.3 Å². The highest BCUT2D eigenvalue weighted by molar-refractivity contribution is 5.51. The van der Waals surface area contributed by atoms with Crippen LogP contribution in [-0.2, 0) is 0 Å². The molecule has 0 unspecified atom stereocenters. The molecule has 0 saturated carbocycles. The predicted molar refractivity (Wildman–Crippen MR) is 53.4 cm³/mol. The summed E-state index contributed by atoms with van der Waals surface area (Å²) in [6.07, 6.45) is 2.96. The van der Waals surface area contributed by atoms with E-state index in [2.05, 4.69) is 4.98 Å². The van der Waals surface area contributed by atoms with Gasteiger partial charge in [0.05, 0.1) is 6.10 Å². The molecule has 1 aromatic heterocycles. The van der Waals surface area contributed by atoms with Gasteiger partial charge in [-0.2, -0.15) is 0 Å². The number of hydrogen-bond acceptors (Lipinski definition) is 4. The third-order valence-electron chi connectivity index (χ3n) is 2.53. The Morgan fingerprint density at radius 2 is 2.07 bits per heavy atom. The summed E-state index contributed by atoms with van der Waals surface area (Å²) in [6.45, 7) is 1.51. The first-order valence-corrected chi connectivity index (χ1v) is 4.84. The van der Waals surface area contributed by atoms with E-state index >= 15 is 0 Å². The second kappa shape index (κ2) is 3.84. The van der Waals surface area contributed by atoms with Crippen LogP contribution in [-0.4, -0.2) is 34.4 Å². The number of aliphatic hydroxyl groups excluding tert-OH is 1. The van der Waals surface area contributed by atoms with Crippen molar-refractivity contribution in [2.75, 3.05) is 18.0 Å². The van der Waals surface area contributed by atoms with Crippen LogP contribution >= 0.6 is 0 Å². The fraction of sp³-hybridized carbons (Fsp3) is 0.500. The summed E-state index contributed by atoms with van der Waals surface area (Å²) in [5.41, 5.74) is 0. The predicted octanol–water partition coefficient (Wildman–Crippen LogP) is 0.748. The highest BCUT2D eigenvalue weighted by atomic mass is 16.3. The molecule has 2 heterocycles. The fourth-order valence-corrected chi connectivity index (χ4v) is 1.71. The van der Waals surface area contributed by atoms with Gasteiger partial charge in [-0.3, -0.25) is 0 Å². The van der Waals surface area contributed by atoms with Gasteiger partial charge in [0.25, 0.3) is 0 Å². The van der Waals surface area contributed by atoms with Gasteiger partial charge in [0.1, 0.15) is 0 Å². The Hall–Kier alpha value is -1.29. The van der Waals surface area contributed by atoms with Crippen LogP contribution in [0.5, 0.6) is 5.75 Å². The molecule has 0 amide bonds. The fourth-order valence-electron chi connectivity index (χ4n) is 1.71. The largest absolute Gasteiger partial charge is 0.504 e. The summed E-state index contributed by atoms with van der Waals surface area (Å²) in [6, 6.07) is 3.34. The molecule has 4 heteroatoms. The average Bonchev–Trinajstić information content (AvgIpc) is 2.20. The maximum Gasteiger partial charge on any atom is 0.171 e. The van der Waals surface area contributed by atoms with Crippen LogP contribution in [0.2, 0.25) is 0 Å². The van der Waals surface area contributed by atoms with Crippen molar-refractivity contribution < 1.29 is 10.2 Å². The molecule has 0 spiro atoms. The lowest BCUT2D eigenvalue weighted by Crippen LogP contribution is -2.36. The molecular weight excluding hydrogens is 180 g/mol. The summed E-state index contributed by atoms with van der Waals surface area (Å²) < 4.78 is 0. The maximum atomic E-state index is 9.56. The normalized spacial score (nSPS) is 18.5. The monoisotopic (exact) mass is 194 g/mol. The molecule has 76 valence electrons. The Kier molecular flexibility index (Phi) is 2.54. The van der Waals surface area contributed by atoms with Crippen LogP contribution in [0.1, 0.15) is 12.8 Å². The van der Waals surface area contributed by atoms with Crippen molar-refractivity contribution in [1.82, 2.24) is 4.98 Å². The first kappa shape index (κ1) is 9.27. The third-order valence-corrected chi connectivity index (χ3v) is 2.53. The first-order valence-electron chi connectivity index (χ1n) is 4.84. The minimum absolute atomic E-state index is 0.197. The number of anilines is 1. The molecule has 4 nitrogen and oxygen atoms in total. The molecule has 14 heavy (non-hydrogen) atoms. The third kappa shape index (κ3) is 1.80. The molecule has 1 aliphatic heterocycles. The van der Waals surface area contributed by atoms with Gasteiger partial charge in [0.15, 0.2) is 11.6 Å². The zero-order valence-electron chi connectivity index (χ0n) is 7.93. The van der Waals surface area contributed by atoms with Crippen LogP contribution in [0.4, 0.5) is 5.82 Å². The molecule has 0 aliphatic carbocycles. The van der Waals surface area contributed by atoms with E-state index in [4.69, 9.17) is 0 Å². The van der Waals surface area contributed by atoms with Gasteiger partial charge in [-0.1, -0.05) is 0 Å². The van der Waals surface area contributed by atoms with Crippen LogP contribution in [0.25, 0.3) is 0 Å². The van der Waals surface area contributed by atoms with E-state index in [9.17, 15) is 10.2 Å². The van der Waals surface area contributed by atoms with Crippen molar-refractivity contribution in [2.24, 2.45) is 0 Å². The van der Waals surface area contributed by atoms with Crippen LogP contribution in [0.3, 0.4) is 0 Å². The summed E-state index contributed by atoms with van der Waals surface area (Å²) in [4.78, 5) is 6.12. The second-order valence-corrected chi connectivity index (χ2v) is 3.56. The first-order chi connectivity index (χ1) is 6.77. The Labute approximate surface area is 82.8 Å². The number of nitrogens with zero attached hydrogens (tertiary/aromatic N) is 2. The molecule has 0 atom stereocenters. The zero-order valence-corrected chi connectivity index (χ0v) is 7.93. The Bertz CT molecular complexity index is 309. The van der Waals surface area contributed by atoms with Crippen molar-refractivity contribution in [3.05, 3.63) is 18.3 Å². The van der Waals surface area contributed by atoms with Gasteiger partial charge in [-0.25, -0.2) is 4.98 Å². The molecule has 0 aromatic carbocycles. The average molecular weight is 194 g/mol. The van der Waals surface area contributed by atoms with Crippen LogP contribution in [0.15, 0.2) is 18.3 Å². The van der Waals surface area contributed by atoms with E-state index < -0.39 is 0 Å². The van der Waals surface area contributed by atoms with Gasteiger partial charge in [-0.15, -0.1) is 0 Å². The van der Waals surface area contributed by atoms with E-state index in [1.165, 1.54) is 0 Å². The minimum atomic E-state index is -0.197. The molecule has 1 fully saturated rings. The lowest BCUT2D eigenvalue weighted by Gasteiger charge is -2.30. The number of piperidine rings is 1. The van der Waals surface area contributed by atoms with Crippen LogP contribution in [0, 0.1) is 0 Å². The highest BCUT2D eigenvalue weighted by Crippen LogP contribution is 2.26. The quantitative estimate of drug-likeness (QED) is 0.692. The number of pyridine rings is 1. The molecule has 0 bridgehead atoms. The van der Waals surface area contributed by atoms with Crippen molar-refractivity contribution >= 4 is 5.82 Å². The van der Waals surface area contributed by atoms with E-state index in [0.29, 0.717) is 5.82 Å². The Morgan fingerprint density at radius 1 is 1.36 bits per heavy atom. The smallest absolute Gasteiger partial charge is 0.171 e. The number of aromatic hydroxyl groups is 1. The molecule has 1 saturated heterocycles. The minimum Gasteiger partial charge on any atom is -0.504 e. The standard InChI is InChI=1S/C10H14N2O2/c13-8-3-6-12(7-4-8)10-9(14)2-1-5-11-10/h1-2,5,8,13-14H,3-4,6-7H2. The van der Waals surface area contributed by atoms with Crippen molar-refractivity contribution in [2.45, 2.75) is 18.9 Å². The van der Waals surface area contributed by atoms with Crippen molar-refractivity contribution in [3.63, 3.8) is 0 Å². The number of aliphatic hydroxyl groups is 1. The summed E-state index contributed by atoms with van der Waals surface area (Å²) >= 11 is 0. The van der Waals surface area contributed by atoms with Gasteiger partial charge in [0.2, 0.25) is 0 Å². The summed E-state index contributed by atoms with van der Waals surface area (Å²) in [7, 11) is 0. The zero-order chi connectivity index (χ0) is 9.97. The highest BCUT2D eigenvalue weighted by Gasteiger charge is 2.19. The Morgan fingerprint density at radius 3 is 2.71 bits per heavy atom. The van der Waals surface area contributed by atoms with Crippen molar-refractivity contribution in [1.29, 1.82) is 0 Å². The van der Waals surface area contributed by atoms with E-state index in [1.54, 1.807) is 18.3 Å². The lowest BCUT2D eigenvalue weighted by molar-refractivity contribution is 0.145. The van der Waals surface area contributed by atoms with E-state index in [-0.39, 0.29) is 11.9 Å². The van der Waals surface area contributed by atoms with Gasteiger partial charge in [-0.05, 0) is 25.0 Å². The second-order valence-electron chi connectivity index (χ2n) is 3.56. The van der Waals surface area contributed by atoms with Gasteiger partial charge >= 0.3 is 0 Å². The molecule has 1 aromatic rings. The molecule has 0 radical (unpaired) electrons.